The molecule has 0 radical (unpaired) electrons. The summed E-state index contributed by atoms with van der Waals surface area (Å²) in [5.41, 5.74) is -1.16. The maximum Gasteiger partial charge on any atom is 1.00 e. The van der Waals surface area contributed by atoms with E-state index >= 15 is 0 Å². The number of amides is 1. The number of hydrogen-bond acceptors (Lipinski definition) is 3. The van der Waals surface area contributed by atoms with Crippen molar-refractivity contribution in [3.63, 3.8) is 0 Å². The van der Waals surface area contributed by atoms with Gasteiger partial charge in [-0.3, -0.25) is 0 Å². The first-order chi connectivity index (χ1) is 9.01. The van der Waals surface area contributed by atoms with E-state index in [2.05, 4.69) is 0 Å². The number of halogens is 3. The van der Waals surface area contributed by atoms with Crippen molar-refractivity contribution in [2.75, 3.05) is 19.7 Å². The van der Waals surface area contributed by atoms with Gasteiger partial charge in [0.2, 0.25) is 0 Å². The number of rotatable bonds is 1. The molecule has 2 rings (SSSR count). The Bertz CT molecular complexity index is 384. The number of carbonyl (C=O) groups is 1. The number of hydrogen-bond donors (Lipinski definition) is 0. The van der Waals surface area contributed by atoms with Gasteiger partial charge in [0.1, 0.15) is 11.2 Å². The smallest absolute Gasteiger partial charge is 0.449 e. The van der Waals surface area contributed by atoms with Gasteiger partial charge in [0.05, 0.1) is 13.1 Å². The van der Waals surface area contributed by atoms with Gasteiger partial charge >= 0.3 is 64.5 Å². The maximum absolute atomic E-state index is 12.6. The molecule has 0 aliphatic carbocycles. The van der Waals surface area contributed by atoms with Crippen LogP contribution in [0.3, 0.4) is 0 Å². The molecule has 2 heterocycles. The van der Waals surface area contributed by atoms with Crippen LogP contribution in [0.1, 0.15) is 33.6 Å². The Hall–Kier alpha value is 0.721. The summed E-state index contributed by atoms with van der Waals surface area (Å²) in [7, 11) is 0. The van der Waals surface area contributed by atoms with E-state index in [4.69, 9.17) is 9.47 Å². The van der Waals surface area contributed by atoms with Crippen LogP contribution in [0.25, 0.3) is 0 Å². The molecular formula is C12H20BF3KNO3. The second kappa shape index (κ2) is 6.68. The third-order valence-corrected chi connectivity index (χ3v) is 3.72. The zero-order valence-corrected chi connectivity index (χ0v) is 16.1. The standard InChI is InChI=1S/C12H20BF3NO3.K/c1-11(2,3)20-10(18)17-7-12(8-17)5-4-9(6-19-12)13(14,15)16;/h9H,4-8H2,1-3H3;/q-1;+1. The molecule has 0 N–H and O–H groups in total. The number of nitrogens with zero attached hydrogens (tertiary/aromatic N) is 1. The average molecular weight is 333 g/mol. The number of carbonyl (C=O) groups excluding carboxylic acids is 1. The largest absolute Gasteiger partial charge is 1.00 e. The summed E-state index contributed by atoms with van der Waals surface area (Å²) in [5, 5.41) is 0. The van der Waals surface area contributed by atoms with Crippen molar-refractivity contribution in [3.8, 4) is 0 Å². The Kier molecular flexibility index (Phi) is 6.29. The van der Waals surface area contributed by atoms with Crippen LogP contribution in [0.2, 0.25) is 5.82 Å². The van der Waals surface area contributed by atoms with Gasteiger partial charge in [-0.05, 0) is 33.0 Å². The van der Waals surface area contributed by atoms with Crippen molar-refractivity contribution in [2.45, 2.75) is 50.6 Å². The zero-order chi connectivity index (χ0) is 15.2. The van der Waals surface area contributed by atoms with E-state index in [1.807, 2.05) is 0 Å². The molecule has 1 atom stereocenters. The molecule has 116 valence electrons. The molecule has 1 unspecified atom stereocenters. The monoisotopic (exact) mass is 333 g/mol. The minimum atomic E-state index is -4.83. The molecule has 1 amide bonds. The van der Waals surface area contributed by atoms with Crippen molar-refractivity contribution >= 4 is 13.1 Å². The molecule has 2 aliphatic rings. The van der Waals surface area contributed by atoms with E-state index in [0.717, 1.165) is 0 Å². The van der Waals surface area contributed by atoms with Gasteiger partial charge in [0, 0.05) is 6.61 Å². The molecule has 2 fully saturated rings. The zero-order valence-electron chi connectivity index (χ0n) is 13.0. The summed E-state index contributed by atoms with van der Waals surface area (Å²) in [6, 6.07) is 0. The summed E-state index contributed by atoms with van der Waals surface area (Å²) in [6.45, 7) is 0.833. The quantitative estimate of drug-likeness (QED) is 0.635. The number of likely N-dealkylation sites (tertiary alicyclic amines) is 1. The normalized spacial score (nSPS) is 25.0. The maximum atomic E-state index is 12.6. The van der Waals surface area contributed by atoms with Crippen LogP contribution >= 0.6 is 0 Å². The van der Waals surface area contributed by atoms with Gasteiger partial charge in [-0.25, -0.2) is 4.79 Å². The van der Waals surface area contributed by atoms with E-state index in [9.17, 15) is 17.7 Å². The topological polar surface area (TPSA) is 38.8 Å². The fourth-order valence-corrected chi connectivity index (χ4v) is 2.54. The molecule has 9 heteroatoms. The first kappa shape index (κ1) is 19.8. The predicted molar refractivity (Wildman–Crippen MR) is 68.6 cm³/mol. The summed E-state index contributed by atoms with van der Waals surface area (Å²) in [5.74, 6) is -1.32. The molecular weight excluding hydrogens is 313 g/mol. The van der Waals surface area contributed by atoms with Crippen LogP contribution in [0.5, 0.6) is 0 Å². The second-order valence-corrected chi connectivity index (χ2v) is 6.75. The first-order valence-electron chi connectivity index (χ1n) is 6.83. The Balaban J connectivity index is 0.00000220. The van der Waals surface area contributed by atoms with Crippen molar-refractivity contribution in [1.29, 1.82) is 0 Å². The van der Waals surface area contributed by atoms with Crippen LogP contribution in [0.15, 0.2) is 0 Å². The summed E-state index contributed by atoms with van der Waals surface area (Å²) in [6.07, 6.45) is -0.00181. The molecule has 0 bridgehead atoms. The second-order valence-electron chi connectivity index (χ2n) is 6.75. The van der Waals surface area contributed by atoms with Gasteiger partial charge < -0.3 is 27.3 Å². The summed E-state index contributed by atoms with van der Waals surface area (Å²) >= 11 is 0. The van der Waals surface area contributed by atoms with Crippen LogP contribution in [0, 0.1) is 0 Å². The minimum Gasteiger partial charge on any atom is -0.449 e. The molecule has 21 heavy (non-hydrogen) atoms. The minimum absolute atomic E-state index is 0. The van der Waals surface area contributed by atoms with Crippen LogP contribution in [0.4, 0.5) is 17.7 Å². The molecule has 4 nitrogen and oxygen atoms in total. The molecule has 0 aromatic rings. The summed E-state index contributed by atoms with van der Waals surface area (Å²) in [4.78, 5) is 13.2. The Labute approximate surface area is 165 Å². The van der Waals surface area contributed by atoms with Gasteiger partial charge in [0.25, 0.3) is 0 Å². The van der Waals surface area contributed by atoms with E-state index in [1.165, 1.54) is 4.90 Å². The van der Waals surface area contributed by atoms with Gasteiger partial charge in [0.15, 0.2) is 0 Å². The van der Waals surface area contributed by atoms with Crippen molar-refractivity contribution in [3.05, 3.63) is 0 Å². The Morgan fingerprint density at radius 1 is 1.33 bits per heavy atom. The number of ether oxygens (including phenoxy) is 2. The van der Waals surface area contributed by atoms with E-state index in [0.29, 0.717) is 19.5 Å². The molecule has 0 saturated carbocycles. The third kappa shape index (κ3) is 5.10. The Morgan fingerprint density at radius 2 is 1.90 bits per heavy atom. The molecule has 1 spiro atoms. The van der Waals surface area contributed by atoms with Crippen molar-refractivity contribution in [2.24, 2.45) is 0 Å². The fourth-order valence-electron chi connectivity index (χ4n) is 2.54. The predicted octanol–water partition coefficient (Wildman–Crippen LogP) is 0.00790. The van der Waals surface area contributed by atoms with Gasteiger partial charge in [-0.2, -0.15) is 0 Å². The first-order valence-corrected chi connectivity index (χ1v) is 6.83. The van der Waals surface area contributed by atoms with E-state index in [-0.39, 0.29) is 64.4 Å². The summed E-state index contributed by atoms with van der Waals surface area (Å²) < 4.78 is 48.4. The molecule has 0 aromatic heterocycles. The third-order valence-electron chi connectivity index (χ3n) is 3.72. The molecule has 2 saturated heterocycles. The van der Waals surface area contributed by atoms with Crippen LogP contribution < -0.4 is 51.4 Å². The van der Waals surface area contributed by atoms with E-state index in [1.54, 1.807) is 20.8 Å². The van der Waals surface area contributed by atoms with Crippen LogP contribution in [-0.2, 0) is 9.47 Å². The molecule has 0 aromatic carbocycles. The van der Waals surface area contributed by atoms with Crippen molar-refractivity contribution in [1.82, 2.24) is 4.90 Å². The van der Waals surface area contributed by atoms with Gasteiger partial charge in [-0.15, -0.1) is 0 Å². The average Bonchev–Trinajstić information content (AvgIpc) is 2.22. The van der Waals surface area contributed by atoms with E-state index < -0.39 is 30.1 Å². The Morgan fingerprint density at radius 3 is 2.29 bits per heavy atom. The SMILES string of the molecule is CC(C)(C)OC(=O)N1CC2(CCC([B-](F)(F)F)CO2)C1.[K+]. The van der Waals surface area contributed by atoms with Gasteiger partial charge in [-0.1, -0.05) is 6.42 Å². The molecule has 2 aliphatic heterocycles. The van der Waals surface area contributed by atoms with Crippen molar-refractivity contribution < 1.29 is 78.6 Å². The fraction of sp³-hybridized carbons (Fsp3) is 0.917. The van der Waals surface area contributed by atoms with Crippen LogP contribution in [-0.4, -0.2) is 48.9 Å².